The van der Waals surface area contributed by atoms with Crippen LogP contribution in [0, 0.1) is 13.8 Å². The molecular formula is C17H18N2O4S. The molecule has 7 heteroatoms. The van der Waals surface area contributed by atoms with E-state index >= 15 is 0 Å². The summed E-state index contributed by atoms with van der Waals surface area (Å²) in [7, 11) is 0. The Morgan fingerprint density at radius 3 is 2.33 bits per heavy atom. The SMILES string of the molecule is CCOC(=O)c1sc(NC(=O)c2ccc(C)cc2)c(C(N)=O)c1C. The molecule has 0 aliphatic carbocycles. The summed E-state index contributed by atoms with van der Waals surface area (Å²) >= 11 is 0.981. The molecule has 2 rings (SSSR count). The summed E-state index contributed by atoms with van der Waals surface area (Å²) in [5, 5.41) is 2.90. The number of anilines is 1. The number of esters is 1. The van der Waals surface area contributed by atoms with Gasteiger partial charge in [0.2, 0.25) is 0 Å². The lowest BCUT2D eigenvalue weighted by Crippen LogP contribution is -2.17. The first kappa shape index (κ1) is 17.7. The smallest absolute Gasteiger partial charge is 0.348 e. The lowest BCUT2D eigenvalue weighted by atomic mass is 10.1. The Morgan fingerprint density at radius 2 is 1.79 bits per heavy atom. The number of benzene rings is 1. The number of thiophene rings is 1. The summed E-state index contributed by atoms with van der Waals surface area (Å²) in [6, 6.07) is 6.99. The van der Waals surface area contributed by atoms with Crippen LogP contribution in [0.15, 0.2) is 24.3 Å². The molecule has 3 N–H and O–H groups in total. The van der Waals surface area contributed by atoms with Crippen LogP contribution in [-0.2, 0) is 4.74 Å². The van der Waals surface area contributed by atoms with Crippen LogP contribution < -0.4 is 11.1 Å². The largest absolute Gasteiger partial charge is 0.462 e. The first-order chi connectivity index (χ1) is 11.3. The highest BCUT2D eigenvalue weighted by atomic mass is 32.1. The molecule has 0 radical (unpaired) electrons. The minimum atomic E-state index is -0.710. The van der Waals surface area contributed by atoms with Crippen molar-refractivity contribution in [3.8, 4) is 0 Å². The average molecular weight is 346 g/mol. The van der Waals surface area contributed by atoms with Crippen LogP contribution in [0.25, 0.3) is 0 Å². The molecule has 0 aliphatic rings. The van der Waals surface area contributed by atoms with Crippen molar-refractivity contribution in [1.29, 1.82) is 0 Å². The molecule has 24 heavy (non-hydrogen) atoms. The van der Waals surface area contributed by atoms with Crippen molar-refractivity contribution in [2.75, 3.05) is 11.9 Å². The second-order valence-corrected chi connectivity index (χ2v) is 6.19. The molecule has 1 aromatic heterocycles. The van der Waals surface area contributed by atoms with Gasteiger partial charge in [-0.15, -0.1) is 11.3 Å². The van der Waals surface area contributed by atoms with Gasteiger partial charge in [-0.05, 0) is 38.5 Å². The van der Waals surface area contributed by atoms with Crippen LogP contribution >= 0.6 is 11.3 Å². The van der Waals surface area contributed by atoms with E-state index in [2.05, 4.69) is 5.32 Å². The highest BCUT2D eigenvalue weighted by molar-refractivity contribution is 7.18. The van der Waals surface area contributed by atoms with Crippen molar-refractivity contribution in [2.24, 2.45) is 5.73 Å². The Labute approximate surface area is 143 Å². The molecule has 0 unspecified atom stereocenters. The Balaban J connectivity index is 2.36. The Morgan fingerprint density at radius 1 is 1.17 bits per heavy atom. The number of carbonyl (C=O) groups excluding carboxylic acids is 3. The highest BCUT2D eigenvalue weighted by Crippen LogP contribution is 2.33. The highest BCUT2D eigenvalue weighted by Gasteiger charge is 2.25. The molecule has 0 bridgehead atoms. The number of amides is 2. The van der Waals surface area contributed by atoms with Crippen LogP contribution in [0.5, 0.6) is 0 Å². The topological polar surface area (TPSA) is 98.5 Å². The molecule has 1 aromatic carbocycles. The zero-order valence-electron chi connectivity index (χ0n) is 13.6. The molecule has 0 atom stereocenters. The van der Waals surface area contributed by atoms with Crippen molar-refractivity contribution in [1.82, 2.24) is 0 Å². The quantitative estimate of drug-likeness (QED) is 0.813. The molecule has 0 fully saturated rings. The van der Waals surface area contributed by atoms with Gasteiger partial charge in [0.1, 0.15) is 9.88 Å². The van der Waals surface area contributed by atoms with Gasteiger partial charge >= 0.3 is 5.97 Å². The zero-order valence-corrected chi connectivity index (χ0v) is 14.5. The van der Waals surface area contributed by atoms with Crippen LogP contribution in [0.1, 0.15) is 48.4 Å². The maximum atomic E-state index is 12.3. The van der Waals surface area contributed by atoms with Gasteiger partial charge in [0.15, 0.2) is 0 Å². The van der Waals surface area contributed by atoms with E-state index in [1.54, 1.807) is 26.0 Å². The van der Waals surface area contributed by atoms with Crippen LogP contribution in [0.2, 0.25) is 0 Å². The number of nitrogens with two attached hydrogens (primary N) is 1. The van der Waals surface area contributed by atoms with Crippen molar-refractivity contribution in [3.63, 3.8) is 0 Å². The molecule has 1 heterocycles. The van der Waals surface area contributed by atoms with Crippen molar-refractivity contribution in [3.05, 3.63) is 51.4 Å². The first-order valence-electron chi connectivity index (χ1n) is 7.33. The van der Waals surface area contributed by atoms with Crippen molar-refractivity contribution in [2.45, 2.75) is 20.8 Å². The van der Waals surface area contributed by atoms with Crippen LogP contribution in [-0.4, -0.2) is 24.4 Å². The van der Waals surface area contributed by atoms with Gasteiger partial charge < -0.3 is 15.8 Å². The third kappa shape index (κ3) is 3.62. The molecule has 126 valence electrons. The molecule has 6 nitrogen and oxygen atoms in total. The number of hydrogen-bond donors (Lipinski definition) is 2. The van der Waals surface area contributed by atoms with Gasteiger partial charge in [0.25, 0.3) is 11.8 Å². The summed E-state index contributed by atoms with van der Waals surface area (Å²) in [4.78, 5) is 36.3. The van der Waals surface area contributed by atoms with E-state index in [9.17, 15) is 14.4 Å². The maximum absolute atomic E-state index is 12.3. The number of nitrogens with one attached hydrogen (secondary N) is 1. The molecule has 0 spiro atoms. The lowest BCUT2D eigenvalue weighted by Gasteiger charge is -2.05. The minimum absolute atomic E-state index is 0.128. The number of primary amides is 1. The van der Waals surface area contributed by atoms with Crippen molar-refractivity contribution >= 4 is 34.1 Å². The van der Waals surface area contributed by atoms with E-state index in [0.717, 1.165) is 16.9 Å². The van der Waals surface area contributed by atoms with Gasteiger partial charge in [-0.2, -0.15) is 0 Å². The molecule has 2 amide bonds. The Bertz CT molecular complexity index is 794. The van der Waals surface area contributed by atoms with Gasteiger partial charge in [-0.25, -0.2) is 4.79 Å². The fraction of sp³-hybridized carbons (Fsp3) is 0.235. The normalized spacial score (nSPS) is 10.3. The number of hydrogen-bond acceptors (Lipinski definition) is 5. The predicted molar refractivity (Wildman–Crippen MR) is 92.7 cm³/mol. The summed E-state index contributed by atoms with van der Waals surface area (Å²) < 4.78 is 4.97. The second kappa shape index (κ2) is 7.27. The maximum Gasteiger partial charge on any atom is 0.348 e. The molecular weight excluding hydrogens is 328 g/mol. The third-order valence-corrected chi connectivity index (χ3v) is 4.58. The number of aryl methyl sites for hydroxylation is 1. The van der Waals surface area contributed by atoms with E-state index in [0.29, 0.717) is 11.1 Å². The average Bonchev–Trinajstić information content (AvgIpc) is 2.84. The zero-order chi connectivity index (χ0) is 17.9. The molecule has 0 saturated carbocycles. The summed E-state index contributed by atoms with van der Waals surface area (Å²) in [5.74, 6) is -1.63. The summed E-state index contributed by atoms with van der Waals surface area (Å²) in [5.41, 5.74) is 7.41. The Hall–Kier alpha value is -2.67. The number of carbonyl (C=O) groups is 3. The van der Waals surface area contributed by atoms with E-state index in [4.69, 9.17) is 10.5 Å². The number of ether oxygens (including phenoxy) is 1. The van der Waals surface area contributed by atoms with Gasteiger partial charge in [0, 0.05) is 5.56 Å². The minimum Gasteiger partial charge on any atom is -0.462 e. The van der Waals surface area contributed by atoms with Gasteiger partial charge in [0.05, 0.1) is 12.2 Å². The van der Waals surface area contributed by atoms with E-state index < -0.39 is 11.9 Å². The standard InChI is InChI=1S/C17H18N2O4S/c1-4-23-17(22)13-10(3)12(14(18)20)16(24-13)19-15(21)11-7-5-9(2)6-8-11/h5-8H,4H2,1-3H3,(H2,18,20)(H,19,21). The Kier molecular flexibility index (Phi) is 5.35. The van der Waals surface area contributed by atoms with Crippen LogP contribution in [0.3, 0.4) is 0 Å². The predicted octanol–water partition coefficient (Wildman–Crippen LogP) is 2.89. The summed E-state index contributed by atoms with van der Waals surface area (Å²) in [6.45, 7) is 5.43. The van der Waals surface area contributed by atoms with Gasteiger partial charge in [-0.3, -0.25) is 9.59 Å². The second-order valence-electron chi connectivity index (χ2n) is 5.17. The fourth-order valence-electron chi connectivity index (χ4n) is 2.17. The number of rotatable bonds is 5. The van der Waals surface area contributed by atoms with Gasteiger partial charge in [-0.1, -0.05) is 17.7 Å². The third-order valence-electron chi connectivity index (χ3n) is 3.39. The molecule has 0 saturated heterocycles. The fourth-order valence-corrected chi connectivity index (χ4v) is 3.27. The van der Waals surface area contributed by atoms with Crippen LogP contribution in [0.4, 0.5) is 5.00 Å². The monoisotopic (exact) mass is 346 g/mol. The molecule has 0 aliphatic heterocycles. The summed E-state index contributed by atoms with van der Waals surface area (Å²) in [6.07, 6.45) is 0. The van der Waals surface area contributed by atoms with E-state index in [1.807, 2.05) is 19.1 Å². The first-order valence-corrected chi connectivity index (χ1v) is 8.15. The molecule has 2 aromatic rings. The van der Waals surface area contributed by atoms with E-state index in [-0.39, 0.29) is 28.0 Å². The van der Waals surface area contributed by atoms with E-state index in [1.165, 1.54) is 0 Å². The lowest BCUT2D eigenvalue weighted by molar-refractivity contribution is 0.0531. The van der Waals surface area contributed by atoms with Crippen molar-refractivity contribution < 1.29 is 19.1 Å².